The molecule has 1 N–H and O–H groups in total. The van der Waals surface area contributed by atoms with E-state index in [0.717, 1.165) is 26.0 Å². The Hall–Kier alpha value is -0.610. The molecule has 0 aromatic rings. The van der Waals surface area contributed by atoms with Gasteiger partial charge in [0.25, 0.3) is 5.91 Å². The molecule has 1 amide bonds. The summed E-state index contributed by atoms with van der Waals surface area (Å²) in [4.78, 5) is 14.1. The fourth-order valence-electron chi connectivity index (χ4n) is 2.50. The van der Waals surface area contributed by atoms with Crippen molar-refractivity contribution in [1.82, 2.24) is 4.90 Å². The van der Waals surface area contributed by atoms with Crippen LogP contribution < -0.4 is 0 Å². The normalized spacial score (nSPS) is 27.9. The van der Waals surface area contributed by atoms with Gasteiger partial charge in [-0.2, -0.15) is 0 Å². The van der Waals surface area contributed by atoms with Crippen LogP contribution in [0.2, 0.25) is 0 Å². The molecular formula is C14H25NO3. The monoisotopic (exact) mass is 255 g/mol. The zero-order valence-corrected chi connectivity index (χ0v) is 11.5. The number of hydrogen-bond acceptors (Lipinski definition) is 3. The number of hydrogen-bond donors (Lipinski definition) is 1. The Labute approximate surface area is 109 Å². The molecule has 104 valence electrons. The van der Waals surface area contributed by atoms with Crippen molar-refractivity contribution in [1.29, 1.82) is 0 Å². The van der Waals surface area contributed by atoms with Crippen molar-refractivity contribution in [3.63, 3.8) is 0 Å². The maximum atomic E-state index is 12.2. The van der Waals surface area contributed by atoms with Crippen LogP contribution in [0.1, 0.15) is 39.5 Å². The van der Waals surface area contributed by atoms with E-state index in [4.69, 9.17) is 4.74 Å². The highest BCUT2D eigenvalue weighted by molar-refractivity contribution is 5.80. The summed E-state index contributed by atoms with van der Waals surface area (Å²) in [5, 5.41) is 9.63. The van der Waals surface area contributed by atoms with E-state index in [1.807, 2.05) is 18.7 Å². The summed E-state index contributed by atoms with van der Waals surface area (Å²) in [6.45, 7) is 5.86. The van der Waals surface area contributed by atoms with Gasteiger partial charge in [-0.25, -0.2) is 0 Å². The molecule has 0 radical (unpaired) electrons. The van der Waals surface area contributed by atoms with Crippen molar-refractivity contribution in [2.24, 2.45) is 11.8 Å². The fourth-order valence-corrected chi connectivity index (χ4v) is 2.50. The average Bonchev–Trinajstić information content (AvgIpc) is 3.19. The summed E-state index contributed by atoms with van der Waals surface area (Å²) in [6.07, 6.45) is 3.82. The molecule has 0 bridgehead atoms. The van der Waals surface area contributed by atoms with E-state index in [9.17, 15) is 9.90 Å². The summed E-state index contributed by atoms with van der Waals surface area (Å²) in [7, 11) is 0. The van der Waals surface area contributed by atoms with E-state index < -0.39 is 0 Å². The average molecular weight is 255 g/mol. The molecule has 4 heteroatoms. The van der Waals surface area contributed by atoms with Crippen molar-refractivity contribution in [2.45, 2.75) is 51.7 Å². The first-order chi connectivity index (χ1) is 8.58. The lowest BCUT2D eigenvalue weighted by atomic mass is 9.93. The number of nitrogens with zero attached hydrogens (tertiary/aromatic N) is 1. The van der Waals surface area contributed by atoms with Crippen LogP contribution in [0.5, 0.6) is 0 Å². The van der Waals surface area contributed by atoms with E-state index in [0.29, 0.717) is 12.5 Å². The van der Waals surface area contributed by atoms with Crippen LogP contribution in [0.25, 0.3) is 0 Å². The molecule has 2 aliphatic rings. The van der Waals surface area contributed by atoms with Gasteiger partial charge in [-0.15, -0.1) is 0 Å². The number of carbonyl (C=O) groups is 1. The molecule has 0 aromatic heterocycles. The SMILES string of the molecule is CC(OCC1CC1)C(=O)N1CCCC(C(C)O)C1. The summed E-state index contributed by atoms with van der Waals surface area (Å²) in [6, 6.07) is 0. The van der Waals surface area contributed by atoms with Crippen LogP contribution >= 0.6 is 0 Å². The topological polar surface area (TPSA) is 49.8 Å². The van der Waals surface area contributed by atoms with E-state index in [1.54, 1.807) is 0 Å². The van der Waals surface area contributed by atoms with Crippen molar-refractivity contribution in [3.8, 4) is 0 Å². The third kappa shape index (κ3) is 3.69. The van der Waals surface area contributed by atoms with Crippen LogP contribution in [0.3, 0.4) is 0 Å². The molecule has 1 aliphatic carbocycles. The molecule has 1 saturated carbocycles. The Morgan fingerprint density at radius 1 is 1.39 bits per heavy atom. The molecular weight excluding hydrogens is 230 g/mol. The number of ether oxygens (including phenoxy) is 1. The van der Waals surface area contributed by atoms with Gasteiger partial charge < -0.3 is 14.7 Å². The molecule has 0 spiro atoms. The van der Waals surface area contributed by atoms with Gasteiger partial charge in [-0.1, -0.05) is 0 Å². The number of aliphatic hydroxyl groups excluding tert-OH is 1. The van der Waals surface area contributed by atoms with Gasteiger partial charge in [0, 0.05) is 19.0 Å². The fraction of sp³-hybridized carbons (Fsp3) is 0.929. The molecule has 4 nitrogen and oxygen atoms in total. The minimum atomic E-state index is -0.335. The summed E-state index contributed by atoms with van der Waals surface area (Å²) in [5.41, 5.74) is 0. The smallest absolute Gasteiger partial charge is 0.251 e. The second-order valence-corrected chi connectivity index (χ2v) is 5.85. The standard InChI is InChI=1S/C14H25NO3/c1-10(16)13-4-3-7-15(8-13)14(17)11(2)18-9-12-5-6-12/h10-13,16H,3-9H2,1-2H3. The van der Waals surface area contributed by atoms with Crippen molar-refractivity contribution < 1.29 is 14.6 Å². The minimum Gasteiger partial charge on any atom is -0.393 e. The number of likely N-dealkylation sites (tertiary alicyclic amines) is 1. The van der Waals surface area contributed by atoms with Gasteiger partial charge in [0.1, 0.15) is 6.10 Å². The zero-order valence-electron chi connectivity index (χ0n) is 11.5. The van der Waals surface area contributed by atoms with E-state index >= 15 is 0 Å². The van der Waals surface area contributed by atoms with Crippen molar-refractivity contribution in [2.75, 3.05) is 19.7 Å². The predicted molar refractivity (Wildman–Crippen MR) is 69.1 cm³/mol. The van der Waals surface area contributed by atoms with Crippen LogP contribution in [-0.4, -0.2) is 47.8 Å². The molecule has 2 fully saturated rings. The Morgan fingerprint density at radius 3 is 2.72 bits per heavy atom. The number of amides is 1. The Kier molecular flexibility index (Phi) is 4.62. The highest BCUT2D eigenvalue weighted by atomic mass is 16.5. The van der Waals surface area contributed by atoms with E-state index in [-0.39, 0.29) is 24.0 Å². The number of carbonyl (C=O) groups excluding carboxylic acids is 1. The maximum absolute atomic E-state index is 12.2. The molecule has 0 aromatic carbocycles. The van der Waals surface area contributed by atoms with Gasteiger partial charge in [0.15, 0.2) is 0 Å². The van der Waals surface area contributed by atoms with Gasteiger partial charge >= 0.3 is 0 Å². The lowest BCUT2D eigenvalue weighted by Crippen LogP contribution is -2.47. The second kappa shape index (κ2) is 6.02. The highest BCUT2D eigenvalue weighted by Crippen LogP contribution is 2.29. The first kappa shape index (κ1) is 13.8. The Morgan fingerprint density at radius 2 is 2.11 bits per heavy atom. The molecule has 1 saturated heterocycles. The van der Waals surface area contributed by atoms with Crippen molar-refractivity contribution >= 4 is 5.91 Å². The van der Waals surface area contributed by atoms with Gasteiger partial charge in [-0.05, 0) is 45.4 Å². The second-order valence-electron chi connectivity index (χ2n) is 5.85. The minimum absolute atomic E-state index is 0.0843. The molecule has 1 heterocycles. The van der Waals surface area contributed by atoms with Crippen LogP contribution in [0.15, 0.2) is 0 Å². The van der Waals surface area contributed by atoms with Gasteiger partial charge in [-0.3, -0.25) is 4.79 Å². The number of aliphatic hydroxyl groups is 1. The van der Waals surface area contributed by atoms with Crippen LogP contribution in [0, 0.1) is 11.8 Å². The molecule has 1 aliphatic heterocycles. The lowest BCUT2D eigenvalue weighted by molar-refractivity contribution is -0.145. The Balaban J connectivity index is 1.79. The summed E-state index contributed by atoms with van der Waals surface area (Å²) in [5.74, 6) is 0.992. The third-order valence-corrected chi connectivity index (χ3v) is 4.08. The quantitative estimate of drug-likeness (QED) is 0.808. The molecule has 2 rings (SSSR count). The Bertz CT molecular complexity index is 289. The third-order valence-electron chi connectivity index (χ3n) is 4.08. The maximum Gasteiger partial charge on any atom is 0.251 e. The zero-order chi connectivity index (χ0) is 13.1. The number of piperidine rings is 1. The molecule has 3 atom stereocenters. The number of rotatable bonds is 5. The summed E-state index contributed by atoms with van der Waals surface area (Å²) < 4.78 is 5.62. The van der Waals surface area contributed by atoms with Crippen LogP contribution in [0.4, 0.5) is 0 Å². The lowest BCUT2D eigenvalue weighted by Gasteiger charge is -2.35. The molecule has 18 heavy (non-hydrogen) atoms. The van der Waals surface area contributed by atoms with Crippen molar-refractivity contribution in [3.05, 3.63) is 0 Å². The van der Waals surface area contributed by atoms with E-state index in [2.05, 4.69) is 0 Å². The van der Waals surface area contributed by atoms with Crippen LogP contribution in [-0.2, 0) is 9.53 Å². The van der Waals surface area contributed by atoms with Gasteiger partial charge in [0.2, 0.25) is 0 Å². The first-order valence-corrected chi connectivity index (χ1v) is 7.16. The predicted octanol–water partition coefficient (Wildman–Crippen LogP) is 1.42. The highest BCUT2D eigenvalue weighted by Gasteiger charge is 2.30. The first-order valence-electron chi connectivity index (χ1n) is 7.16. The summed E-state index contributed by atoms with van der Waals surface area (Å²) >= 11 is 0. The molecule has 3 unspecified atom stereocenters. The van der Waals surface area contributed by atoms with E-state index in [1.165, 1.54) is 12.8 Å². The largest absolute Gasteiger partial charge is 0.393 e. The van der Waals surface area contributed by atoms with Gasteiger partial charge in [0.05, 0.1) is 12.7 Å².